The topological polar surface area (TPSA) is 53.1 Å². The quantitative estimate of drug-likeness (QED) is 0.614. The standard InChI is InChI=1S/C21H19F4N5/c22-15-3-1-14(2-4-15)18-7-8-27-20(29-18)28-16-5-6-19(17(13-16)21(23,24)25)30-11-9-26-10-12-30/h1-8,13,26H,9-12H2,(H,27,28,29). The second-order valence-corrected chi connectivity index (χ2v) is 6.86. The van der Waals surface area contributed by atoms with Crippen molar-refractivity contribution in [1.29, 1.82) is 0 Å². The highest BCUT2D eigenvalue weighted by atomic mass is 19.4. The van der Waals surface area contributed by atoms with E-state index >= 15 is 0 Å². The van der Waals surface area contributed by atoms with Gasteiger partial charge < -0.3 is 15.5 Å². The van der Waals surface area contributed by atoms with Gasteiger partial charge in [-0.25, -0.2) is 14.4 Å². The molecular weight excluding hydrogens is 398 g/mol. The molecule has 5 nitrogen and oxygen atoms in total. The molecule has 0 atom stereocenters. The van der Waals surface area contributed by atoms with Crippen LogP contribution in [0.1, 0.15) is 5.56 Å². The van der Waals surface area contributed by atoms with Crippen LogP contribution in [0.5, 0.6) is 0 Å². The van der Waals surface area contributed by atoms with Crippen molar-refractivity contribution in [2.24, 2.45) is 0 Å². The van der Waals surface area contributed by atoms with Gasteiger partial charge in [-0.05, 0) is 48.5 Å². The minimum atomic E-state index is -4.49. The number of hydrogen-bond acceptors (Lipinski definition) is 5. The Balaban J connectivity index is 1.62. The van der Waals surface area contributed by atoms with E-state index in [1.807, 2.05) is 0 Å². The Morgan fingerprint density at radius 1 is 0.967 bits per heavy atom. The number of hydrogen-bond donors (Lipinski definition) is 2. The van der Waals surface area contributed by atoms with E-state index in [1.54, 1.807) is 29.2 Å². The molecule has 0 spiro atoms. The first-order chi connectivity index (χ1) is 14.4. The Kier molecular flexibility index (Phi) is 5.54. The zero-order chi connectivity index (χ0) is 21.1. The van der Waals surface area contributed by atoms with Crippen LogP contribution in [-0.2, 0) is 6.18 Å². The highest BCUT2D eigenvalue weighted by Gasteiger charge is 2.35. The molecule has 2 heterocycles. The summed E-state index contributed by atoms with van der Waals surface area (Å²) in [5, 5.41) is 5.98. The molecule has 2 aromatic carbocycles. The minimum Gasteiger partial charge on any atom is -0.368 e. The fourth-order valence-electron chi connectivity index (χ4n) is 3.35. The molecule has 1 aliphatic heterocycles. The number of anilines is 3. The summed E-state index contributed by atoms with van der Waals surface area (Å²) in [7, 11) is 0. The molecule has 0 saturated carbocycles. The van der Waals surface area contributed by atoms with Gasteiger partial charge in [-0.15, -0.1) is 0 Å². The SMILES string of the molecule is Fc1ccc(-c2ccnc(Nc3ccc(N4CCNCC4)c(C(F)(F)F)c3)n2)cc1. The lowest BCUT2D eigenvalue weighted by atomic mass is 10.1. The number of alkyl halides is 3. The van der Waals surface area contributed by atoms with Gasteiger partial charge in [0, 0.05) is 49.3 Å². The summed E-state index contributed by atoms with van der Waals surface area (Å²) in [6.45, 7) is 2.31. The summed E-state index contributed by atoms with van der Waals surface area (Å²) in [6.07, 6.45) is -3.00. The van der Waals surface area contributed by atoms with Gasteiger partial charge >= 0.3 is 6.18 Å². The van der Waals surface area contributed by atoms with Crippen molar-refractivity contribution in [1.82, 2.24) is 15.3 Å². The largest absolute Gasteiger partial charge is 0.418 e. The molecule has 0 unspecified atom stereocenters. The summed E-state index contributed by atoms with van der Waals surface area (Å²) in [6, 6.07) is 11.6. The van der Waals surface area contributed by atoms with E-state index in [0.29, 0.717) is 37.4 Å². The molecule has 3 aromatic rings. The Morgan fingerprint density at radius 3 is 2.40 bits per heavy atom. The first kappa shape index (κ1) is 20.1. The zero-order valence-electron chi connectivity index (χ0n) is 15.9. The summed E-state index contributed by atoms with van der Waals surface area (Å²) >= 11 is 0. The maximum atomic E-state index is 13.7. The lowest BCUT2D eigenvalue weighted by Crippen LogP contribution is -2.44. The van der Waals surface area contributed by atoms with Crippen molar-refractivity contribution in [2.75, 3.05) is 36.4 Å². The highest BCUT2D eigenvalue weighted by molar-refractivity contribution is 5.66. The van der Waals surface area contributed by atoms with Gasteiger partial charge in [-0.1, -0.05) is 0 Å². The minimum absolute atomic E-state index is 0.153. The second kappa shape index (κ2) is 8.27. The first-order valence-electron chi connectivity index (χ1n) is 9.43. The summed E-state index contributed by atoms with van der Waals surface area (Å²) in [4.78, 5) is 10.1. The highest BCUT2D eigenvalue weighted by Crippen LogP contribution is 2.38. The van der Waals surface area contributed by atoms with E-state index in [4.69, 9.17) is 0 Å². The van der Waals surface area contributed by atoms with E-state index < -0.39 is 11.7 Å². The summed E-state index contributed by atoms with van der Waals surface area (Å²) in [5.74, 6) is -0.213. The average Bonchev–Trinajstić information content (AvgIpc) is 2.74. The monoisotopic (exact) mass is 417 g/mol. The summed E-state index contributed by atoms with van der Waals surface area (Å²) in [5.41, 5.74) is 0.893. The molecular formula is C21H19F4N5. The molecule has 1 aliphatic rings. The van der Waals surface area contributed by atoms with Crippen molar-refractivity contribution in [3.63, 3.8) is 0 Å². The molecule has 156 valence electrons. The van der Waals surface area contributed by atoms with Gasteiger partial charge in [0.25, 0.3) is 0 Å². The second-order valence-electron chi connectivity index (χ2n) is 6.86. The lowest BCUT2D eigenvalue weighted by molar-refractivity contribution is -0.137. The third kappa shape index (κ3) is 4.51. The Hall–Kier alpha value is -3.20. The van der Waals surface area contributed by atoms with Gasteiger partial charge in [0.2, 0.25) is 5.95 Å². The predicted molar refractivity (Wildman–Crippen MR) is 107 cm³/mol. The molecule has 1 saturated heterocycles. The van der Waals surface area contributed by atoms with E-state index in [1.165, 1.54) is 24.4 Å². The van der Waals surface area contributed by atoms with Crippen LogP contribution in [0, 0.1) is 5.82 Å². The number of nitrogens with zero attached hydrogens (tertiary/aromatic N) is 3. The Labute approximate surface area is 170 Å². The normalized spacial score (nSPS) is 14.6. The summed E-state index contributed by atoms with van der Waals surface area (Å²) < 4.78 is 54.3. The number of benzene rings is 2. The fourth-order valence-corrected chi connectivity index (χ4v) is 3.35. The van der Waals surface area contributed by atoms with Crippen molar-refractivity contribution in [3.8, 4) is 11.3 Å². The van der Waals surface area contributed by atoms with Crippen LogP contribution in [-0.4, -0.2) is 36.1 Å². The molecule has 1 aromatic heterocycles. The molecule has 1 fully saturated rings. The van der Waals surface area contributed by atoms with E-state index in [-0.39, 0.29) is 23.1 Å². The van der Waals surface area contributed by atoms with E-state index in [0.717, 1.165) is 6.07 Å². The average molecular weight is 417 g/mol. The Morgan fingerprint density at radius 2 is 1.70 bits per heavy atom. The third-order valence-corrected chi connectivity index (χ3v) is 4.81. The number of piperazine rings is 1. The van der Waals surface area contributed by atoms with Crippen LogP contribution in [0.25, 0.3) is 11.3 Å². The van der Waals surface area contributed by atoms with Gasteiger partial charge in [-0.3, -0.25) is 0 Å². The number of halogens is 4. The molecule has 30 heavy (non-hydrogen) atoms. The van der Waals surface area contributed by atoms with Crippen molar-refractivity contribution in [2.45, 2.75) is 6.18 Å². The number of aromatic nitrogens is 2. The lowest BCUT2D eigenvalue weighted by Gasteiger charge is -2.31. The molecule has 0 amide bonds. The van der Waals surface area contributed by atoms with Gasteiger partial charge in [-0.2, -0.15) is 13.2 Å². The number of rotatable bonds is 4. The molecule has 2 N–H and O–H groups in total. The molecule has 0 aliphatic carbocycles. The van der Waals surface area contributed by atoms with Crippen LogP contribution in [0.15, 0.2) is 54.7 Å². The maximum absolute atomic E-state index is 13.7. The van der Waals surface area contributed by atoms with Crippen LogP contribution in [0.2, 0.25) is 0 Å². The molecule has 4 rings (SSSR count). The van der Waals surface area contributed by atoms with Gasteiger partial charge in [0.1, 0.15) is 5.82 Å². The van der Waals surface area contributed by atoms with Crippen LogP contribution < -0.4 is 15.5 Å². The molecule has 9 heteroatoms. The van der Waals surface area contributed by atoms with E-state index in [9.17, 15) is 17.6 Å². The van der Waals surface area contributed by atoms with Crippen molar-refractivity contribution < 1.29 is 17.6 Å². The van der Waals surface area contributed by atoms with Crippen molar-refractivity contribution in [3.05, 3.63) is 66.1 Å². The van der Waals surface area contributed by atoms with Crippen LogP contribution in [0.4, 0.5) is 34.9 Å². The third-order valence-electron chi connectivity index (χ3n) is 4.81. The first-order valence-corrected chi connectivity index (χ1v) is 9.43. The number of nitrogens with one attached hydrogen (secondary N) is 2. The van der Waals surface area contributed by atoms with E-state index in [2.05, 4.69) is 20.6 Å². The Bertz CT molecular complexity index is 1010. The van der Waals surface area contributed by atoms with Crippen LogP contribution in [0.3, 0.4) is 0 Å². The van der Waals surface area contributed by atoms with Gasteiger partial charge in [0.05, 0.1) is 11.3 Å². The molecule has 0 radical (unpaired) electrons. The van der Waals surface area contributed by atoms with Crippen molar-refractivity contribution >= 4 is 17.3 Å². The van der Waals surface area contributed by atoms with Crippen LogP contribution >= 0.6 is 0 Å². The predicted octanol–water partition coefficient (Wildman–Crippen LogP) is 4.45. The smallest absolute Gasteiger partial charge is 0.368 e. The van der Waals surface area contributed by atoms with Gasteiger partial charge in [0.15, 0.2) is 0 Å². The fraction of sp³-hybridized carbons (Fsp3) is 0.238. The molecule has 0 bridgehead atoms. The zero-order valence-corrected chi connectivity index (χ0v) is 15.9. The maximum Gasteiger partial charge on any atom is 0.418 e.